The number of rotatable bonds is 5. The molecule has 1 heterocycles. The highest BCUT2D eigenvalue weighted by Gasteiger charge is 2.32. The predicted octanol–water partition coefficient (Wildman–Crippen LogP) is 3.94. The first-order chi connectivity index (χ1) is 7.86. The number of nitrogens with one attached hydrogen (secondary N) is 1. The Morgan fingerprint density at radius 3 is 2.53 bits per heavy atom. The van der Waals surface area contributed by atoms with E-state index in [9.17, 15) is 9.59 Å². The molecule has 0 amide bonds. The lowest BCUT2D eigenvalue weighted by Crippen LogP contribution is -2.19. The van der Waals surface area contributed by atoms with Crippen LogP contribution in [0.3, 0.4) is 0 Å². The third-order valence-corrected chi connectivity index (χ3v) is 2.78. The van der Waals surface area contributed by atoms with Crippen molar-refractivity contribution in [2.75, 3.05) is 0 Å². The van der Waals surface area contributed by atoms with Crippen LogP contribution in [0.4, 0.5) is 0 Å². The third kappa shape index (κ3) is 4.02. The molecule has 0 saturated carbocycles. The monoisotopic (exact) mass is 295 g/mol. The van der Waals surface area contributed by atoms with Gasteiger partial charge in [0.05, 0.1) is 5.69 Å². The number of carbonyl (C=O) groups excluding carboxylic acids is 2. The molecular weight excluding hydrogens is 284 g/mol. The molecule has 0 aromatic carbocycles. The van der Waals surface area contributed by atoms with Gasteiger partial charge in [-0.25, -0.2) is 0 Å². The summed E-state index contributed by atoms with van der Waals surface area (Å²) in [7, 11) is 0. The normalized spacial score (nSPS) is 11.5. The molecule has 0 atom stereocenters. The van der Waals surface area contributed by atoms with E-state index in [4.69, 9.17) is 34.8 Å². The van der Waals surface area contributed by atoms with E-state index in [1.165, 1.54) is 12.3 Å². The number of carbonyl (C=O) groups is 2. The summed E-state index contributed by atoms with van der Waals surface area (Å²) in [6, 6.07) is 1.42. The SMILES string of the molecule is CCCCC(=O)c1c[nH]c(C(=O)C(Cl)(Cl)Cl)c1. The Labute approximate surface area is 114 Å². The number of unbranched alkanes of at least 4 members (excludes halogenated alkanes) is 1. The number of hydrogen-bond acceptors (Lipinski definition) is 2. The van der Waals surface area contributed by atoms with E-state index in [0.29, 0.717) is 12.0 Å². The summed E-state index contributed by atoms with van der Waals surface area (Å²) in [6.45, 7) is 2.00. The zero-order chi connectivity index (χ0) is 13.1. The van der Waals surface area contributed by atoms with Crippen molar-refractivity contribution in [1.29, 1.82) is 0 Å². The lowest BCUT2D eigenvalue weighted by Gasteiger charge is -2.06. The topological polar surface area (TPSA) is 49.9 Å². The highest BCUT2D eigenvalue weighted by molar-refractivity contribution is 6.77. The number of aromatic amines is 1. The maximum absolute atomic E-state index is 11.7. The van der Waals surface area contributed by atoms with Crippen LogP contribution in [0.15, 0.2) is 12.3 Å². The van der Waals surface area contributed by atoms with Crippen LogP contribution in [0, 0.1) is 0 Å². The molecule has 0 aliphatic heterocycles. The molecule has 1 aromatic heterocycles. The number of hydrogen-bond donors (Lipinski definition) is 1. The molecule has 94 valence electrons. The molecule has 0 spiro atoms. The molecule has 17 heavy (non-hydrogen) atoms. The van der Waals surface area contributed by atoms with Gasteiger partial charge >= 0.3 is 0 Å². The zero-order valence-corrected chi connectivity index (χ0v) is 11.5. The van der Waals surface area contributed by atoms with Crippen molar-refractivity contribution in [3.63, 3.8) is 0 Å². The Hall–Kier alpha value is -0.510. The van der Waals surface area contributed by atoms with Crippen LogP contribution in [0.25, 0.3) is 0 Å². The fraction of sp³-hybridized carbons (Fsp3) is 0.455. The summed E-state index contributed by atoms with van der Waals surface area (Å²) in [5.41, 5.74) is 0.570. The van der Waals surface area contributed by atoms with Gasteiger partial charge in [-0.1, -0.05) is 48.1 Å². The van der Waals surface area contributed by atoms with Gasteiger partial charge in [-0.15, -0.1) is 0 Å². The first-order valence-electron chi connectivity index (χ1n) is 5.19. The van der Waals surface area contributed by atoms with Crippen LogP contribution >= 0.6 is 34.8 Å². The highest BCUT2D eigenvalue weighted by Crippen LogP contribution is 2.30. The summed E-state index contributed by atoms with van der Waals surface area (Å²) in [5.74, 6) is -0.691. The Bertz CT molecular complexity index is 421. The van der Waals surface area contributed by atoms with Gasteiger partial charge in [0.15, 0.2) is 5.78 Å². The van der Waals surface area contributed by atoms with Crippen LogP contribution in [0.5, 0.6) is 0 Å². The van der Waals surface area contributed by atoms with Gasteiger partial charge in [0, 0.05) is 18.2 Å². The fourth-order valence-electron chi connectivity index (χ4n) is 1.32. The molecule has 1 rings (SSSR count). The minimum atomic E-state index is -2.01. The molecular formula is C11H12Cl3NO2. The second kappa shape index (κ2) is 5.89. The minimum absolute atomic E-state index is 0.0218. The lowest BCUT2D eigenvalue weighted by molar-refractivity contribution is 0.0979. The average molecular weight is 297 g/mol. The fourth-order valence-corrected chi connectivity index (χ4v) is 1.63. The van der Waals surface area contributed by atoms with Crippen LogP contribution in [-0.2, 0) is 0 Å². The molecule has 0 fully saturated rings. The smallest absolute Gasteiger partial charge is 0.254 e. The molecule has 0 aliphatic carbocycles. The van der Waals surface area contributed by atoms with Crippen LogP contribution in [0.2, 0.25) is 0 Å². The average Bonchev–Trinajstić information content (AvgIpc) is 2.72. The maximum Gasteiger partial charge on any atom is 0.254 e. The number of aromatic nitrogens is 1. The Balaban J connectivity index is 2.78. The van der Waals surface area contributed by atoms with Gasteiger partial charge in [0.25, 0.3) is 3.79 Å². The van der Waals surface area contributed by atoms with E-state index < -0.39 is 9.58 Å². The van der Waals surface area contributed by atoms with Crippen molar-refractivity contribution < 1.29 is 9.59 Å². The summed E-state index contributed by atoms with van der Waals surface area (Å²) in [6.07, 6.45) is 3.67. The van der Waals surface area contributed by atoms with Crippen molar-refractivity contribution >= 4 is 46.4 Å². The number of Topliss-reactive ketones (excluding diaryl/α,β-unsaturated/α-hetero) is 2. The van der Waals surface area contributed by atoms with Crippen molar-refractivity contribution in [2.24, 2.45) is 0 Å². The Morgan fingerprint density at radius 2 is 2.00 bits per heavy atom. The molecule has 1 N–H and O–H groups in total. The van der Waals surface area contributed by atoms with E-state index in [0.717, 1.165) is 12.8 Å². The minimum Gasteiger partial charge on any atom is -0.358 e. The summed E-state index contributed by atoms with van der Waals surface area (Å²) in [5, 5.41) is 0. The second-order valence-electron chi connectivity index (χ2n) is 3.66. The number of H-pyrrole nitrogens is 1. The van der Waals surface area contributed by atoms with E-state index >= 15 is 0 Å². The summed E-state index contributed by atoms with van der Waals surface area (Å²) < 4.78 is -2.01. The van der Waals surface area contributed by atoms with E-state index in [1.54, 1.807) is 0 Å². The predicted molar refractivity (Wildman–Crippen MR) is 69.3 cm³/mol. The standard InChI is InChI=1S/C11H12Cl3NO2/c1-2-3-4-9(16)7-5-8(15-6-7)10(17)11(12,13)14/h5-6,15H,2-4H2,1H3. The molecule has 0 radical (unpaired) electrons. The van der Waals surface area contributed by atoms with Gasteiger partial charge in [0.1, 0.15) is 0 Å². The van der Waals surface area contributed by atoms with E-state index in [2.05, 4.69) is 4.98 Å². The molecule has 1 aromatic rings. The third-order valence-electron chi connectivity index (χ3n) is 2.26. The van der Waals surface area contributed by atoms with Gasteiger partial charge in [-0.3, -0.25) is 9.59 Å². The Morgan fingerprint density at radius 1 is 1.35 bits per heavy atom. The van der Waals surface area contributed by atoms with Crippen LogP contribution < -0.4 is 0 Å². The van der Waals surface area contributed by atoms with Crippen molar-refractivity contribution in [2.45, 2.75) is 30.0 Å². The first kappa shape index (κ1) is 14.6. The van der Waals surface area contributed by atoms with Gasteiger partial charge in [-0.2, -0.15) is 0 Å². The zero-order valence-electron chi connectivity index (χ0n) is 9.23. The number of alkyl halides is 3. The van der Waals surface area contributed by atoms with Crippen LogP contribution in [0.1, 0.15) is 47.0 Å². The molecule has 0 aliphatic rings. The van der Waals surface area contributed by atoms with Crippen molar-refractivity contribution in [3.05, 3.63) is 23.5 Å². The quantitative estimate of drug-likeness (QED) is 0.661. The van der Waals surface area contributed by atoms with Gasteiger partial charge in [0.2, 0.25) is 5.78 Å². The molecule has 0 saturated heterocycles. The van der Waals surface area contributed by atoms with E-state index in [-0.39, 0.29) is 11.5 Å². The van der Waals surface area contributed by atoms with Crippen molar-refractivity contribution in [1.82, 2.24) is 4.98 Å². The Kier molecular flexibility index (Phi) is 5.04. The van der Waals surface area contributed by atoms with E-state index in [1.807, 2.05) is 6.92 Å². The van der Waals surface area contributed by atoms with Gasteiger partial charge < -0.3 is 4.98 Å². The molecule has 0 unspecified atom stereocenters. The summed E-state index contributed by atoms with van der Waals surface area (Å²) >= 11 is 16.4. The number of ketones is 2. The first-order valence-corrected chi connectivity index (χ1v) is 6.32. The maximum atomic E-state index is 11.7. The van der Waals surface area contributed by atoms with Gasteiger partial charge in [-0.05, 0) is 12.5 Å². The lowest BCUT2D eigenvalue weighted by atomic mass is 10.1. The number of halogens is 3. The largest absolute Gasteiger partial charge is 0.358 e. The van der Waals surface area contributed by atoms with Crippen LogP contribution in [-0.4, -0.2) is 20.3 Å². The molecule has 3 nitrogen and oxygen atoms in total. The summed E-state index contributed by atoms with van der Waals surface area (Å²) in [4.78, 5) is 25.9. The molecule has 0 bridgehead atoms. The van der Waals surface area contributed by atoms with Crippen molar-refractivity contribution in [3.8, 4) is 0 Å². The second-order valence-corrected chi connectivity index (χ2v) is 5.94. The highest BCUT2D eigenvalue weighted by atomic mass is 35.6. The molecule has 6 heteroatoms.